The van der Waals surface area contributed by atoms with Crippen molar-refractivity contribution in [1.29, 1.82) is 0 Å². The van der Waals surface area contributed by atoms with Gasteiger partial charge in [-0.25, -0.2) is 8.78 Å². The number of H-pyrrole nitrogens is 2. The number of hydrogen-bond donors (Lipinski definition) is 3. The summed E-state index contributed by atoms with van der Waals surface area (Å²) < 4.78 is 106. The Bertz CT molecular complexity index is 2590. The quantitative estimate of drug-likeness (QED) is 0.0538. The number of aromatic amines is 2. The maximum Gasteiger partial charge on any atom is 0.569 e. The number of para-hydroxylation sites is 3. The number of rotatable bonds is 11. The third-order valence-electron chi connectivity index (χ3n) is 9.36. The SMILES string of the molecule is C.C.O=C(COc1ccccc1)N1CCc2[nH]nc(-c3ccccc3F)c2C1.O=C(COc1ccccc1)N1CCc2[nH]nc(OS(=O)(=O)C(F)(F)F)c2C1.O[B]Oc1ccccc1F. The monoisotopic (exact) mass is 927 g/mol. The lowest BCUT2D eigenvalue weighted by atomic mass is 10.0. The van der Waals surface area contributed by atoms with Crippen LogP contribution in [0, 0.1) is 11.6 Å². The fourth-order valence-corrected chi connectivity index (χ4v) is 6.63. The maximum absolute atomic E-state index is 14.1. The molecular formula is C43H45BF5N6O9S. The lowest BCUT2D eigenvalue weighted by Gasteiger charge is -2.27. The van der Waals surface area contributed by atoms with Gasteiger partial charge in [0.15, 0.2) is 19.0 Å². The molecule has 0 spiro atoms. The van der Waals surface area contributed by atoms with Crippen LogP contribution in [-0.2, 0) is 45.6 Å². The van der Waals surface area contributed by atoms with Crippen LogP contribution < -0.4 is 18.3 Å². The first-order valence-electron chi connectivity index (χ1n) is 18.9. The Morgan fingerprint density at radius 3 is 1.69 bits per heavy atom. The zero-order chi connectivity index (χ0) is 45.0. The summed E-state index contributed by atoms with van der Waals surface area (Å²) in [5.41, 5.74) is -2.24. The standard InChI is InChI=1S/C20H18FN3O2.C15H14F3N3O5S.C6H5BFO2.2CH4/c21-17-9-5-4-8-15(17)20-16-12-24(11-10-18(16)22-23-20)19(25)13-26-14-6-2-1-3-7-14;16-15(17,18)27(23,24)26-14-11-8-21(7-6-12(11)19-20-14)13(22)9-25-10-4-2-1-3-5-10;8-5-3-1-2-4-6(5)10-7-9;;/h1-9H,10-13H2,(H,22,23);1-5H,6-9H2,(H,19,20);1-4,9H;2*1H4. The van der Waals surface area contributed by atoms with E-state index in [1.807, 2.05) is 30.3 Å². The van der Waals surface area contributed by atoms with Crippen LogP contribution >= 0.6 is 0 Å². The molecule has 8 rings (SSSR count). The van der Waals surface area contributed by atoms with Crippen LogP contribution in [-0.4, -0.2) is 94.9 Å². The highest BCUT2D eigenvalue weighted by atomic mass is 32.2. The second kappa shape index (κ2) is 23.1. The number of nitrogens with zero attached hydrogens (tertiary/aromatic N) is 4. The van der Waals surface area contributed by atoms with Gasteiger partial charge >= 0.3 is 23.3 Å². The Kier molecular flexibility index (Phi) is 18.0. The molecule has 0 atom stereocenters. The van der Waals surface area contributed by atoms with Crippen LogP contribution in [0.2, 0.25) is 0 Å². The summed E-state index contributed by atoms with van der Waals surface area (Å²) in [4.78, 5) is 27.9. The molecule has 2 aliphatic heterocycles. The average Bonchev–Trinajstić information content (AvgIpc) is 3.89. The maximum atomic E-state index is 14.1. The number of hydrogen-bond acceptors (Lipinski definition) is 11. The highest BCUT2D eigenvalue weighted by molar-refractivity contribution is 7.88. The number of benzene rings is 4. The predicted octanol–water partition coefficient (Wildman–Crippen LogP) is 6.78. The van der Waals surface area contributed by atoms with Crippen molar-refractivity contribution in [3.63, 3.8) is 0 Å². The molecule has 6 aromatic rings. The van der Waals surface area contributed by atoms with Gasteiger partial charge in [0.05, 0.1) is 12.1 Å². The molecule has 4 heterocycles. The van der Waals surface area contributed by atoms with Crippen LogP contribution in [0.5, 0.6) is 23.1 Å². The highest BCUT2D eigenvalue weighted by Crippen LogP contribution is 2.32. The van der Waals surface area contributed by atoms with Crippen LogP contribution in [0.15, 0.2) is 109 Å². The normalized spacial score (nSPS) is 12.8. The summed E-state index contributed by atoms with van der Waals surface area (Å²) in [6.45, 7) is 0.818. The van der Waals surface area contributed by atoms with E-state index in [2.05, 4.69) is 29.2 Å². The van der Waals surface area contributed by atoms with E-state index in [1.54, 1.807) is 65.6 Å². The van der Waals surface area contributed by atoms with Crippen LogP contribution in [0.3, 0.4) is 0 Å². The fourth-order valence-electron chi connectivity index (χ4n) is 6.19. The molecule has 4 aromatic carbocycles. The molecule has 2 aliphatic rings. The minimum atomic E-state index is -5.85. The van der Waals surface area contributed by atoms with Crippen molar-refractivity contribution >= 4 is 29.6 Å². The molecule has 2 amide bonds. The van der Waals surface area contributed by atoms with Crippen molar-refractivity contribution in [2.24, 2.45) is 0 Å². The first kappa shape index (κ1) is 50.7. The molecular weight excluding hydrogens is 882 g/mol. The van der Waals surface area contributed by atoms with Gasteiger partial charge in [0.25, 0.3) is 17.7 Å². The first-order valence-corrected chi connectivity index (χ1v) is 20.3. The van der Waals surface area contributed by atoms with Gasteiger partial charge in [-0.2, -0.15) is 26.7 Å². The minimum Gasteiger partial charge on any atom is -0.535 e. The van der Waals surface area contributed by atoms with E-state index in [-0.39, 0.29) is 70.6 Å². The molecule has 0 saturated heterocycles. The molecule has 0 unspecified atom stereocenters. The van der Waals surface area contributed by atoms with Gasteiger partial charge < -0.3 is 33.1 Å². The topological polar surface area (TPSA) is 189 Å². The summed E-state index contributed by atoms with van der Waals surface area (Å²) in [6, 6.07) is 30.2. The van der Waals surface area contributed by atoms with Crippen molar-refractivity contribution in [2.45, 2.75) is 46.3 Å². The summed E-state index contributed by atoms with van der Waals surface area (Å²) in [6.07, 6.45) is 0.919. The van der Waals surface area contributed by atoms with Crippen molar-refractivity contribution in [3.8, 4) is 34.4 Å². The van der Waals surface area contributed by atoms with Crippen LogP contribution in [0.4, 0.5) is 22.0 Å². The number of carbonyl (C=O) groups is 2. The highest BCUT2D eigenvalue weighted by Gasteiger charge is 2.49. The molecule has 22 heteroatoms. The largest absolute Gasteiger partial charge is 0.569 e. The number of ether oxygens (including phenoxy) is 2. The molecule has 0 saturated carbocycles. The van der Waals surface area contributed by atoms with E-state index in [0.717, 1.165) is 11.3 Å². The summed E-state index contributed by atoms with van der Waals surface area (Å²) >= 11 is 0. The van der Waals surface area contributed by atoms with Crippen molar-refractivity contribution in [3.05, 3.63) is 143 Å². The minimum absolute atomic E-state index is 0. The van der Waals surface area contributed by atoms with E-state index >= 15 is 0 Å². The van der Waals surface area contributed by atoms with E-state index in [1.165, 1.54) is 23.1 Å². The summed E-state index contributed by atoms with van der Waals surface area (Å²) in [5, 5.41) is 21.3. The average molecular weight is 928 g/mol. The lowest BCUT2D eigenvalue weighted by Crippen LogP contribution is -2.39. The number of halogens is 5. The summed E-state index contributed by atoms with van der Waals surface area (Å²) in [5.74, 6) is -0.865. The van der Waals surface area contributed by atoms with Gasteiger partial charge in [-0.05, 0) is 48.5 Å². The number of amides is 2. The predicted molar refractivity (Wildman–Crippen MR) is 229 cm³/mol. The molecule has 0 bridgehead atoms. The third kappa shape index (κ3) is 13.3. The third-order valence-corrected chi connectivity index (χ3v) is 10.3. The van der Waals surface area contributed by atoms with Crippen molar-refractivity contribution in [2.75, 3.05) is 26.3 Å². The lowest BCUT2D eigenvalue weighted by molar-refractivity contribution is -0.135. The van der Waals surface area contributed by atoms with Crippen LogP contribution in [0.25, 0.3) is 11.3 Å². The van der Waals surface area contributed by atoms with Gasteiger partial charge in [0.1, 0.15) is 28.8 Å². The van der Waals surface area contributed by atoms with Crippen LogP contribution in [0.1, 0.15) is 37.4 Å². The number of carbonyl (C=O) groups excluding carboxylic acids is 2. The molecule has 1 radical (unpaired) electrons. The first-order chi connectivity index (χ1) is 30.2. The molecule has 0 fully saturated rings. The Labute approximate surface area is 372 Å². The van der Waals surface area contributed by atoms with Gasteiger partial charge in [-0.15, -0.1) is 5.10 Å². The van der Waals surface area contributed by atoms with E-state index in [0.29, 0.717) is 55.6 Å². The van der Waals surface area contributed by atoms with Gasteiger partial charge in [-0.3, -0.25) is 19.8 Å². The zero-order valence-corrected chi connectivity index (χ0v) is 33.7. The molecule has 65 heavy (non-hydrogen) atoms. The van der Waals surface area contributed by atoms with Gasteiger partial charge in [0.2, 0.25) is 0 Å². The van der Waals surface area contributed by atoms with Gasteiger partial charge in [-0.1, -0.05) is 75.5 Å². The second-order valence-corrected chi connectivity index (χ2v) is 15.0. The fraction of sp³-hybridized carbons (Fsp3) is 0.256. The van der Waals surface area contributed by atoms with E-state index < -0.39 is 33.2 Å². The Hall–Kier alpha value is -6.94. The molecule has 3 N–H and O–H groups in total. The number of nitrogens with one attached hydrogen (secondary N) is 2. The summed E-state index contributed by atoms with van der Waals surface area (Å²) in [7, 11) is -5.41. The van der Waals surface area contributed by atoms with Gasteiger partial charge in [0, 0.05) is 55.0 Å². The van der Waals surface area contributed by atoms with E-state index in [9.17, 15) is 40.0 Å². The van der Waals surface area contributed by atoms with Crippen molar-refractivity contribution in [1.82, 2.24) is 30.2 Å². The van der Waals surface area contributed by atoms with E-state index in [4.69, 9.17) is 14.5 Å². The second-order valence-electron chi connectivity index (χ2n) is 13.5. The molecule has 2 aromatic heterocycles. The number of aromatic nitrogens is 4. The Balaban J connectivity index is 0.000000230. The smallest absolute Gasteiger partial charge is 0.535 e. The Morgan fingerprint density at radius 1 is 0.692 bits per heavy atom. The number of fused-ring (bicyclic) bond motifs is 2. The molecule has 0 aliphatic carbocycles. The van der Waals surface area contributed by atoms with Crippen molar-refractivity contribution < 1.29 is 63.3 Å². The Morgan fingerprint density at radius 2 is 1.17 bits per heavy atom. The molecule has 345 valence electrons. The molecule has 15 nitrogen and oxygen atoms in total. The number of alkyl halides is 3. The zero-order valence-electron chi connectivity index (χ0n) is 32.9.